The van der Waals surface area contributed by atoms with Crippen molar-refractivity contribution < 1.29 is 31.7 Å². The summed E-state index contributed by atoms with van der Waals surface area (Å²) >= 11 is 0. The fourth-order valence-electron chi connectivity index (χ4n) is 4.26. The van der Waals surface area contributed by atoms with E-state index in [9.17, 15) is 18.0 Å². The van der Waals surface area contributed by atoms with Crippen molar-refractivity contribution in [2.75, 3.05) is 42.3 Å². The summed E-state index contributed by atoms with van der Waals surface area (Å²) in [7, 11) is -3.59. The normalized spacial score (nSPS) is 27.2. The van der Waals surface area contributed by atoms with Crippen LogP contribution in [0.5, 0.6) is 0 Å². The summed E-state index contributed by atoms with van der Waals surface area (Å²) in [5.41, 5.74) is 1.21. The molecule has 0 aromatic heterocycles. The maximum atomic E-state index is 12.2. The standard InChI is InChI=1S/C21H29N3O7S/c1-21(2,3)31-19(25)22-18-16-10-23(11-17(16)18)13-5-7-14(8-6-13)24-9-15(30-20(24)26)12-29-32(4,27)28/h5-8,15-18H,9-12H2,1-4H3,(H,22,25)/t15-,16-,17+,18?/m1/s1. The van der Waals surface area contributed by atoms with Crippen molar-refractivity contribution in [1.82, 2.24) is 5.32 Å². The van der Waals surface area contributed by atoms with Crippen molar-refractivity contribution in [3.8, 4) is 0 Å². The molecule has 11 heteroatoms. The smallest absolute Gasteiger partial charge is 0.414 e. The van der Waals surface area contributed by atoms with Crippen LogP contribution in [0.25, 0.3) is 0 Å². The first-order valence-electron chi connectivity index (χ1n) is 10.6. The van der Waals surface area contributed by atoms with Gasteiger partial charge in [0.25, 0.3) is 10.1 Å². The highest BCUT2D eigenvalue weighted by Gasteiger charge is 2.56. The van der Waals surface area contributed by atoms with Gasteiger partial charge in [0.2, 0.25) is 0 Å². The van der Waals surface area contributed by atoms with E-state index in [2.05, 4.69) is 10.2 Å². The maximum absolute atomic E-state index is 12.2. The fraction of sp³-hybridized carbons (Fsp3) is 0.619. The lowest BCUT2D eigenvalue weighted by Crippen LogP contribution is -2.38. The number of hydrogen-bond acceptors (Lipinski definition) is 8. The molecule has 4 rings (SSSR count). The molecule has 2 amide bonds. The van der Waals surface area contributed by atoms with Crippen LogP contribution in [0.3, 0.4) is 0 Å². The van der Waals surface area contributed by atoms with E-state index in [0.29, 0.717) is 17.5 Å². The Labute approximate surface area is 187 Å². The van der Waals surface area contributed by atoms with Crippen LogP contribution in [0.15, 0.2) is 24.3 Å². The predicted octanol–water partition coefficient (Wildman–Crippen LogP) is 1.95. The van der Waals surface area contributed by atoms with Crippen molar-refractivity contribution in [3.05, 3.63) is 24.3 Å². The number of benzene rings is 1. The van der Waals surface area contributed by atoms with Crippen LogP contribution < -0.4 is 15.1 Å². The van der Waals surface area contributed by atoms with Gasteiger partial charge in [0.05, 0.1) is 12.8 Å². The van der Waals surface area contributed by atoms with Gasteiger partial charge in [-0.15, -0.1) is 0 Å². The number of anilines is 2. The van der Waals surface area contributed by atoms with Crippen LogP contribution in [0.1, 0.15) is 20.8 Å². The van der Waals surface area contributed by atoms with Gasteiger partial charge in [-0.05, 0) is 45.0 Å². The van der Waals surface area contributed by atoms with Gasteiger partial charge in [-0.25, -0.2) is 9.59 Å². The molecule has 4 atom stereocenters. The minimum Gasteiger partial charge on any atom is -0.444 e. The number of fused-ring (bicyclic) bond motifs is 1. The zero-order valence-electron chi connectivity index (χ0n) is 18.6. The van der Waals surface area contributed by atoms with Gasteiger partial charge >= 0.3 is 12.2 Å². The van der Waals surface area contributed by atoms with Crippen molar-refractivity contribution >= 4 is 33.7 Å². The van der Waals surface area contributed by atoms with E-state index in [4.69, 9.17) is 13.7 Å². The molecule has 32 heavy (non-hydrogen) atoms. The minimum atomic E-state index is -3.59. The Kier molecular flexibility index (Phi) is 5.74. The first kappa shape index (κ1) is 22.7. The average Bonchev–Trinajstić information content (AvgIpc) is 3.03. The second-order valence-electron chi connectivity index (χ2n) is 9.53. The summed E-state index contributed by atoms with van der Waals surface area (Å²) in [6.07, 6.45) is -0.584. The number of carbonyl (C=O) groups excluding carboxylic acids is 2. The van der Waals surface area contributed by atoms with Gasteiger partial charge < -0.3 is 19.7 Å². The Hall–Kier alpha value is -2.53. The molecule has 3 fully saturated rings. The number of amides is 2. The van der Waals surface area contributed by atoms with E-state index < -0.39 is 27.9 Å². The Bertz CT molecular complexity index is 978. The molecule has 1 unspecified atom stereocenters. The van der Waals surface area contributed by atoms with Crippen molar-refractivity contribution in [2.45, 2.75) is 38.5 Å². The molecule has 2 saturated heterocycles. The molecule has 1 aromatic rings. The van der Waals surface area contributed by atoms with Crippen molar-refractivity contribution in [2.24, 2.45) is 11.8 Å². The van der Waals surface area contributed by atoms with Crippen LogP contribution in [-0.2, 0) is 23.8 Å². The first-order valence-corrected chi connectivity index (χ1v) is 12.4. The highest BCUT2D eigenvalue weighted by molar-refractivity contribution is 7.85. The number of rotatable bonds is 6. The number of nitrogens with one attached hydrogen (secondary N) is 1. The molecule has 1 saturated carbocycles. The Morgan fingerprint density at radius 3 is 2.28 bits per heavy atom. The fourth-order valence-corrected chi connectivity index (χ4v) is 4.66. The van der Waals surface area contributed by atoms with Gasteiger partial charge in [0, 0.05) is 42.3 Å². The lowest BCUT2D eigenvalue weighted by Gasteiger charge is -2.24. The third-order valence-electron chi connectivity index (χ3n) is 5.75. The average molecular weight is 468 g/mol. The molecule has 176 valence electrons. The van der Waals surface area contributed by atoms with E-state index in [1.807, 2.05) is 45.0 Å². The predicted molar refractivity (Wildman–Crippen MR) is 117 cm³/mol. The van der Waals surface area contributed by atoms with Gasteiger partial charge in [-0.2, -0.15) is 8.42 Å². The van der Waals surface area contributed by atoms with Crippen LogP contribution in [0.2, 0.25) is 0 Å². The molecule has 1 N–H and O–H groups in total. The monoisotopic (exact) mass is 467 g/mol. The number of carbonyl (C=O) groups is 2. The van der Waals surface area contributed by atoms with Crippen LogP contribution in [0, 0.1) is 11.8 Å². The lowest BCUT2D eigenvalue weighted by atomic mass is 10.2. The van der Waals surface area contributed by atoms with Gasteiger partial charge in [0.1, 0.15) is 18.3 Å². The summed E-state index contributed by atoms with van der Waals surface area (Å²) < 4.78 is 37.5. The van der Waals surface area contributed by atoms with Gasteiger partial charge in [-0.3, -0.25) is 9.08 Å². The molecule has 0 bridgehead atoms. The molecule has 10 nitrogen and oxygen atoms in total. The number of alkyl carbamates (subject to hydrolysis) is 1. The van der Waals surface area contributed by atoms with E-state index >= 15 is 0 Å². The number of ether oxygens (including phenoxy) is 2. The zero-order valence-corrected chi connectivity index (χ0v) is 19.4. The van der Waals surface area contributed by atoms with E-state index in [1.165, 1.54) is 4.90 Å². The molecule has 3 aliphatic rings. The highest BCUT2D eigenvalue weighted by Crippen LogP contribution is 2.47. The molecule has 0 radical (unpaired) electrons. The third kappa shape index (κ3) is 5.26. The number of cyclic esters (lactones) is 1. The summed E-state index contributed by atoms with van der Waals surface area (Å²) in [5.74, 6) is 0.817. The lowest BCUT2D eigenvalue weighted by molar-refractivity contribution is 0.0518. The molecular weight excluding hydrogens is 438 g/mol. The molecule has 2 aliphatic heterocycles. The summed E-state index contributed by atoms with van der Waals surface area (Å²) in [5, 5.41) is 2.97. The maximum Gasteiger partial charge on any atom is 0.414 e. The van der Waals surface area contributed by atoms with Crippen LogP contribution in [0.4, 0.5) is 21.0 Å². The summed E-state index contributed by atoms with van der Waals surface area (Å²) in [6, 6.07) is 7.74. The minimum absolute atomic E-state index is 0.158. The largest absolute Gasteiger partial charge is 0.444 e. The number of nitrogens with zero attached hydrogens (tertiary/aromatic N) is 2. The van der Waals surface area contributed by atoms with Crippen LogP contribution >= 0.6 is 0 Å². The summed E-state index contributed by atoms with van der Waals surface area (Å²) in [6.45, 7) is 7.25. The first-order chi connectivity index (χ1) is 14.9. The third-order valence-corrected chi connectivity index (χ3v) is 6.31. The quantitative estimate of drug-likeness (QED) is 0.632. The highest BCUT2D eigenvalue weighted by atomic mass is 32.2. The molecular formula is C21H29N3O7S. The topological polar surface area (TPSA) is 114 Å². The molecule has 2 heterocycles. The summed E-state index contributed by atoms with van der Waals surface area (Å²) in [4.78, 5) is 27.8. The molecule has 1 aromatic carbocycles. The Morgan fingerprint density at radius 2 is 1.72 bits per heavy atom. The van der Waals surface area contributed by atoms with Gasteiger partial charge in [0.15, 0.2) is 0 Å². The number of piperidine rings is 1. The zero-order chi connectivity index (χ0) is 23.3. The van der Waals surface area contributed by atoms with E-state index in [-0.39, 0.29) is 25.3 Å². The SMILES string of the molecule is CC(C)(C)OC(=O)NC1[C@H]2CN(c3ccc(N4C[C@H](COS(C)(=O)=O)OC4=O)cc3)C[C@@H]12. The van der Waals surface area contributed by atoms with Crippen LogP contribution in [-0.4, -0.2) is 70.8 Å². The Morgan fingerprint density at radius 1 is 1.12 bits per heavy atom. The van der Waals surface area contributed by atoms with Crippen molar-refractivity contribution in [1.29, 1.82) is 0 Å². The second kappa shape index (κ2) is 8.11. The Balaban J connectivity index is 1.28. The molecule has 0 spiro atoms. The van der Waals surface area contributed by atoms with Crippen molar-refractivity contribution in [3.63, 3.8) is 0 Å². The van der Waals surface area contributed by atoms with E-state index in [1.54, 1.807) is 0 Å². The number of hydrogen-bond donors (Lipinski definition) is 1. The van der Waals surface area contributed by atoms with E-state index in [0.717, 1.165) is 25.0 Å². The molecule has 1 aliphatic carbocycles. The van der Waals surface area contributed by atoms with Gasteiger partial charge in [-0.1, -0.05) is 0 Å². The second-order valence-corrected chi connectivity index (χ2v) is 11.2.